The topological polar surface area (TPSA) is 26.3 Å². The molecule has 0 amide bonds. The van der Waals surface area contributed by atoms with Crippen LogP contribution in [0.15, 0.2) is 24.3 Å². The second kappa shape index (κ2) is 17.9. The van der Waals surface area contributed by atoms with E-state index in [2.05, 4.69) is 12.5 Å². The van der Waals surface area contributed by atoms with Crippen LogP contribution in [0.2, 0.25) is 0 Å². The Labute approximate surface area is 332 Å². The summed E-state index contributed by atoms with van der Waals surface area (Å²) >= 11 is 0. The highest BCUT2D eigenvalue weighted by Gasteiger charge is 2.52. The number of hydrogen-bond donors (Lipinski definition) is 0. The maximum Gasteiger partial charge on any atom is 0.211 e. The quantitative estimate of drug-likeness (QED) is 0.0372. The highest BCUT2D eigenvalue weighted by atomic mass is 32.2. The Morgan fingerprint density at radius 2 is 0.639 bits per heavy atom. The van der Waals surface area contributed by atoms with E-state index >= 15 is 35.1 Å². The molecule has 24 heteroatoms. The van der Waals surface area contributed by atoms with E-state index in [4.69, 9.17) is 4.74 Å². The third kappa shape index (κ3) is 8.09. The van der Waals surface area contributed by atoms with E-state index in [1.54, 1.807) is 0 Å². The second-order valence-corrected chi connectivity index (χ2v) is 15.3. The molecular weight excluding hydrogens is 899 g/mol. The molecule has 0 bridgehead atoms. The molecular formula is C37H19BF20O2S. The Balaban J connectivity index is 0.000000430. The number of hydrogen-bond acceptors (Lipinski definition) is 2. The summed E-state index contributed by atoms with van der Waals surface area (Å²) in [4.78, 5) is 11.8. The maximum absolute atomic E-state index is 15.4. The predicted molar refractivity (Wildman–Crippen MR) is 180 cm³/mol. The van der Waals surface area contributed by atoms with E-state index in [-0.39, 0.29) is 22.8 Å². The minimum atomic E-state index is -7.22. The van der Waals surface area contributed by atoms with Gasteiger partial charge in [-0.3, -0.25) is 4.79 Å². The van der Waals surface area contributed by atoms with E-state index in [0.717, 1.165) is 11.3 Å². The van der Waals surface area contributed by atoms with Gasteiger partial charge in [0.05, 0.1) is 18.6 Å². The Kier molecular flexibility index (Phi) is 14.2. The fourth-order valence-electron chi connectivity index (χ4n) is 6.21. The van der Waals surface area contributed by atoms with Gasteiger partial charge in [-0.2, -0.15) is 0 Å². The molecule has 0 saturated heterocycles. The molecule has 0 N–H and O–H groups in total. The van der Waals surface area contributed by atoms with E-state index in [0.29, 0.717) is 5.75 Å². The molecule has 0 radical (unpaired) electrons. The van der Waals surface area contributed by atoms with Gasteiger partial charge < -0.3 is 4.74 Å². The molecule has 0 aliphatic rings. The van der Waals surface area contributed by atoms with Crippen molar-refractivity contribution in [3.8, 4) is 5.75 Å². The van der Waals surface area contributed by atoms with Crippen LogP contribution in [0, 0.1) is 116 Å². The zero-order valence-electron chi connectivity index (χ0n) is 30.5. The van der Waals surface area contributed by atoms with Crippen LogP contribution in [0.5, 0.6) is 5.75 Å². The first-order chi connectivity index (χ1) is 28.2. The van der Waals surface area contributed by atoms with Gasteiger partial charge in [-0.15, -0.1) is 21.9 Å². The Morgan fingerprint density at radius 3 is 0.836 bits per heavy atom. The fraction of sp³-hybridized carbons (Fsp3) is 0.162. The number of ketones is 1. The minimum absolute atomic E-state index is 0.159. The number of benzene rings is 5. The van der Waals surface area contributed by atoms with Crippen LogP contribution in [0.3, 0.4) is 0 Å². The lowest BCUT2D eigenvalue weighted by atomic mass is 9.12. The van der Waals surface area contributed by atoms with Crippen LogP contribution >= 0.6 is 0 Å². The number of carbonyl (C=O) groups excluding carboxylic acids is 1. The van der Waals surface area contributed by atoms with E-state index in [1.165, 1.54) is 0 Å². The zero-order chi connectivity index (χ0) is 46.5. The van der Waals surface area contributed by atoms with Crippen molar-refractivity contribution in [3.63, 3.8) is 0 Å². The largest absolute Gasteiger partial charge is 0.491 e. The lowest BCUT2D eigenvalue weighted by Crippen LogP contribution is -2.81. The molecule has 5 aromatic rings. The zero-order valence-corrected chi connectivity index (χ0v) is 31.3. The highest BCUT2D eigenvalue weighted by molar-refractivity contribution is 7.96. The lowest BCUT2D eigenvalue weighted by Gasteiger charge is -2.44. The molecule has 328 valence electrons. The van der Waals surface area contributed by atoms with Crippen LogP contribution in [-0.2, 0) is 10.9 Å². The van der Waals surface area contributed by atoms with Gasteiger partial charge in [0.15, 0.2) is 75.6 Å². The summed E-state index contributed by atoms with van der Waals surface area (Å²) in [7, 11) is 0.159. The van der Waals surface area contributed by atoms with Crippen molar-refractivity contribution in [2.45, 2.75) is 20.0 Å². The minimum Gasteiger partial charge on any atom is -0.491 e. The van der Waals surface area contributed by atoms with Crippen molar-refractivity contribution in [2.75, 3.05) is 18.3 Å². The van der Waals surface area contributed by atoms with E-state index < -0.39 is 144 Å². The standard InChI is InChI=1S/C24BF20.C13H19O2S/c26-5-1(6(27)14(35)21(42)13(5)34)25(2-7(28)15(36)22(43)16(37)8(2)29,3-9(30)17(38)23(44)18(39)10(3)31)4-11(32)19(40)24(45)20(41)12(4)33;1-10(2)15-12-7-5-11(6-8-12)13(14)9-16(3)4/h;5-8,10H,9H2,1-4H3/q-1;+1. The van der Waals surface area contributed by atoms with E-state index in [1.807, 2.05) is 38.1 Å². The normalized spacial score (nSPS) is 11.7. The van der Waals surface area contributed by atoms with Crippen LogP contribution in [0.4, 0.5) is 87.8 Å². The summed E-state index contributed by atoms with van der Waals surface area (Å²) in [6, 6.07) is 7.40. The lowest BCUT2D eigenvalue weighted by molar-refractivity contribution is 0.102. The van der Waals surface area contributed by atoms with Crippen molar-refractivity contribution in [1.29, 1.82) is 0 Å². The first-order valence-electron chi connectivity index (χ1n) is 16.3. The van der Waals surface area contributed by atoms with Gasteiger partial charge in [0.25, 0.3) is 0 Å². The van der Waals surface area contributed by atoms with Crippen LogP contribution in [0.1, 0.15) is 24.2 Å². The first-order valence-corrected chi connectivity index (χ1v) is 18.5. The molecule has 0 aliphatic heterocycles. The van der Waals surface area contributed by atoms with Crippen molar-refractivity contribution >= 4 is 44.7 Å². The van der Waals surface area contributed by atoms with Gasteiger partial charge in [0, 0.05) is 5.56 Å². The highest BCUT2D eigenvalue weighted by Crippen LogP contribution is 2.31. The van der Waals surface area contributed by atoms with Crippen LogP contribution in [0.25, 0.3) is 0 Å². The molecule has 0 heterocycles. The Bertz CT molecular complexity index is 2180. The molecule has 2 nitrogen and oxygen atoms in total. The third-order valence-electron chi connectivity index (χ3n) is 8.67. The molecule has 5 aromatic carbocycles. The fourth-order valence-corrected chi connectivity index (χ4v) is 6.90. The van der Waals surface area contributed by atoms with Crippen LogP contribution in [-0.4, -0.2) is 36.3 Å². The molecule has 61 heavy (non-hydrogen) atoms. The monoisotopic (exact) mass is 918 g/mol. The first kappa shape index (κ1) is 48.3. The summed E-state index contributed by atoms with van der Waals surface area (Å²) in [6.45, 7) is 3.97. The Hall–Kier alpha value is -5.42. The van der Waals surface area contributed by atoms with Gasteiger partial charge in [0.2, 0.25) is 5.78 Å². The number of ether oxygens (including phenoxy) is 1. The number of halogens is 20. The van der Waals surface area contributed by atoms with Gasteiger partial charge in [0.1, 0.15) is 58.4 Å². The summed E-state index contributed by atoms with van der Waals surface area (Å²) in [6.07, 6.45) is -2.90. The number of Topliss-reactive ketones (excluding diaryl/α,β-unsaturated/α-hetero) is 1. The Morgan fingerprint density at radius 1 is 0.426 bits per heavy atom. The van der Waals surface area contributed by atoms with E-state index in [9.17, 15) is 57.5 Å². The molecule has 5 rings (SSSR count). The summed E-state index contributed by atoms with van der Waals surface area (Å²) in [5, 5.41) is 0. The smallest absolute Gasteiger partial charge is 0.211 e. The second-order valence-electron chi connectivity index (χ2n) is 13.0. The van der Waals surface area contributed by atoms with Gasteiger partial charge >= 0.3 is 0 Å². The van der Waals surface area contributed by atoms with Gasteiger partial charge in [-0.25, -0.2) is 87.8 Å². The molecule has 0 spiro atoms. The average molecular weight is 918 g/mol. The summed E-state index contributed by atoms with van der Waals surface area (Å²) in [5.74, 6) is -69.7. The predicted octanol–water partition coefficient (Wildman–Crippen LogP) is 8.38. The molecule has 0 saturated carbocycles. The number of carbonyl (C=O) groups is 1. The van der Waals surface area contributed by atoms with Crippen molar-refractivity contribution in [1.82, 2.24) is 0 Å². The van der Waals surface area contributed by atoms with Gasteiger partial charge in [-0.1, -0.05) is 0 Å². The summed E-state index contributed by atoms with van der Waals surface area (Å²) < 4.78 is 299. The van der Waals surface area contributed by atoms with Crippen LogP contribution < -0.4 is 26.6 Å². The van der Waals surface area contributed by atoms with Gasteiger partial charge in [-0.05, 0) is 49.0 Å². The maximum atomic E-state index is 15.4. The van der Waals surface area contributed by atoms with Crippen molar-refractivity contribution in [2.24, 2.45) is 0 Å². The SMILES string of the molecule is CC(C)Oc1ccc(C(=O)C[S+](C)C)cc1.Fc1c(F)c(F)c([B-](c2c(F)c(F)c(F)c(F)c2F)(c2c(F)c(F)c(F)c(F)c2F)c2c(F)c(F)c(F)c(F)c2F)c(F)c1F. The third-order valence-corrected chi connectivity index (χ3v) is 9.51. The molecule has 0 aliphatic carbocycles. The molecule has 0 unspecified atom stereocenters. The van der Waals surface area contributed by atoms with Crippen molar-refractivity contribution in [3.05, 3.63) is 146 Å². The van der Waals surface area contributed by atoms with Crippen molar-refractivity contribution < 1.29 is 97.3 Å². The molecule has 0 atom stereocenters. The number of rotatable bonds is 9. The molecule has 0 aromatic heterocycles. The molecule has 0 fully saturated rings. The average Bonchev–Trinajstić information content (AvgIpc) is 3.20. The summed E-state index contributed by atoms with van der Waals surface area (Å²) in [5.41, 5.74) is -13.6.